The standard InChI is InChI=1S/C17H25NO2/c1-3-18(4-2)13-14-7-9-15(10-8-14)17(16(19)20)11-5-6-12-17/h7-10H,3-6,11-13H2,1-2H3,(H,19,20). The first-order valence-electron chi connectivity index (χ1n) is 7.67. The number of hydrogen-bond donors (Lipinski definition) is 1. The first-order chi connectivity index (χ1) is 9.62. The summed E-state index contributed by atoms with van der Waals surface area (Å²) in [6.45, 7) is 7.34. The molecule has 0 aliphatic heterocycles. The van der Waals surface area contributed by atoms with Gasteiger partial charge in [0.1, 0.15) is 0 Å². The monoisotopic (exact) mass is 275 g/mol. The van der Waals surface area contributed by atoms with Gasteiger partial charge in [-0.3, -0.25) is 9.69 Å². The molecule has 0 radical (unpaired) electrons. The molecule has 0 heterocycles. The van der Waals surface area contributed by atoms with E-state index in [0.717, 1.165) is 50.9 Å². The maximum absolute atomic E-state index is 11.7. The summed E-state index contributed by atoms with van der Waals surface area (Å²) in [6, 6.07) is 8.24. The van der Waals surface area contributed by atoms with Crippen molar-refractivity contribution in [2.75, 3.05) is 13.1 Å². The molecule has 1 N–H and O–H groups in total. The van der Waals surface area contributed by atoms with Gasteiger partial charge in [-0.05, 0) is 37.1 Å². The lowest BCUT2D eigenvalue weighted by Crippen LogP contribution is -2.32. The van der Waals surface area contributed by atoms with Gasteiger partial charge in [0.2, 0.25) is 0 Å². The number of carboxylic acids is 1. The van der Waals surface area contributed by atoms with Gasteiger partial charge in [-0.15, -0.1) is 0 Å². The lowest BCUT2D eigenvalue weighted by molar-refractivity contribution is -0.143. The molecular weight excluding hydrogens is 250 g/mol. The Bertz CT molecular complexity index is 443. The second-order valence-corrected chi connectivity index (χ2v) is 5.75. The molecule has 2 rings (SSSR count). The molecule has 0 aromatic heterocycles. The lowest BCUT2D eigenvalue weighted by Gasteiger charge is -2.25. The predicted octanol–water partition coefficient (Wildman–Crippen LogP) is 3.42. The summed E-state index contributed by atoms with van der Waals surface area (Å²) < 4.78 is 0. The summed E-state index contributed by atoms with van der Waals surface area (Å²) in [6.07, 6.45) is 3.59. The second-order valence-electron chi connectivity index (χ2n) is 5.75. The number of hydrogen-bond acceptors (Lipinski definition) is 2. The fraction of sp³-hybridized carbons (Fsp3) is 0.588. The van der Waals surface area contributed by atoms with Crippen molar-refractivity contribution in [1.82, 2.24) is 4.90 Å². The van der Waals surface area contributed by atoms with E-state index in [1.165, 1.54) is 5.56 Å². The molecule has 1 aromatic rings. The van der Waals surface area contributed by atoms with E-state index >= 15 is 0 Å². The minimum absolute atomic E-state index is 0.631. The molecule has 1 aromatic carbocycles. The molecule has 20 heavy (non-hydrogen) atoms. The third-order valence-electron chi connectivity index (χ3n) is 4.67. The molecule has 3 nitrogen and oxygen atoms in total. The number of benzene rings is 1. The molecule has 0 unspecified atom stereocenters. The molecular formula is C17H25NO2. The predicted molar refractivity (Wildman–Crippen MR) is 80.8 cm³/mol. The summed E-state index contributed by atoms with van der Waals surface area (Å²) in [7, 11) is 0. The lowest BCUT2D eigenvalue weighted by atomic mass is 9.79. The van der Waals surface area contributed by atoms with E-state index in [4.69, 9.17) is 0 Å². The highest BCUT2D eigenvalue weighted by Crippen LogP contribution is 2.41. The molecule has 0 saturated heterocycles. The molecule has 1 aliphatic carbocycles. The van der Waals surface area contributed by atoms with Gasteiger partial charge in [-0.25, -0.2) is 0 Å². The van der Waals surface area contributed by atoms with Crippen LogP contribution in [-0.2, 0) is 16.8 Å². The summed E-state index contributed by atoms with van der Waals surface area (Å²) >= 11 is 0. The van der Waals surface area contributed by atoms with Crippen LogP contribution >= 0.6 is 0 Å². The van der Waals surface area contributed by atoms with Gasteiger partial charge in [0, 0.05) is 6.54 Å². The van der Waals surface area contributed by atoms with Crippen LogP contribution in [0.2, 0.25) is 0 Å². The average Bonchev–Trinajstić information content (AvgIpc) is 2.96. The normalized spacial score (nSPS) is 17.6. The first-order valence-corrected chi connectivity index (χ1v) is 7.67. The zero-order valence-electron chi connectivity index (χ0n) is 12.6. The SMILES string of the molecule is CCN(CC)Cc1ccc(C2(C(=O)O)CCCC2)cc1. The van der Waals surface area contributed by atoms with Crippen molar-refractivity contribution < 1.29 is 9.90 Å². The molecule has 1 saturated carbocycles. The van der Waals surface area contributed by atoms with Crippen LogP contribution in [0, 0.1) is 0 Å². The highest BCUT2D eigenvalue weighted by molar-refractivity contribution is 5.81. The van der Waals surface area contributed by atoms with E-state index in [0.29, 0.717) is 0 Å². The van der Waals surface area contributed by atoms with Crippen LogP contribution in [0.1, 0.15) is 50.7 Å². The smallest absolute Gasteiger partial charge is 0.314 e. The van der Waals surface area contributed by atoms with E-state index < -0.39 is 11.4 Å². The Kier molecular flexibility index (Phi) is 4.81. The Morgan fingerprint density at radius 1 is 1.15 bits per heavy atom. The van der Waals surface area contributed by atoms with Crippen LogP contribution in [0.4, 0.5) is 0 Å². The molecule has 0 amide bonds. The van der Waals surface area contributed by atoms with Crippen molar-refractivity contribution in [3.05, 3.63) is 35.4 Å². The van der Waals surface area contributed by atoms with Crippen LogP contribution < -0.4 is 0 Å². The van der Waals surface area contributed by atoms with E-state index in [9.17, 15) is 9.90 Å². The minimum Gasteiger partial charge on any atom is -0.481 e. The second kappa shape index (κ2) is 6.40. The highest BCUT2D eigenvalue weighted by atomic mass is 16.4. The molecule has 0 bridgehead atoms. The fourth-order valence-electron chi connectivity index (χ4n) is 3.24. The number of carbonyl (C=O) groups is 1. The minimum atomic E-state index is -0.661. The van der Waals surface area contributed by atoms with E-state index in [1.54, 1.807) is 0 Å². The Balaban J connectivity index is 2.17. The number of rotatable bonds is 6. The third kappa shape index (κ3) is 2.88. The zero-order valence-corrected chi connectivity index (χ0v) is 12.6. The first kappa shape index (κ1) is 15.0. The third-order valence-corrected chi connectivity index (χ3v) is 4.67. The van der Waals surface area contributed by atoms with Gasteiger partial charge in [0.15, 0.2) is 0 Å². The molecule has 0 spiro atoms. The van der Waals surface area contributed by atoms with Crippen LogP contribution in [0.5, 0.6) is 0 Å². The van der Waals surface area contributed by atoms with E-state index in [2.05, 4.69) is 30.9 Å². The van der Waals surface area contributed by atoms with Crippen molar-refractivity contribution in [3.8, 4) is 0 Å². The Labute approximate surface area is 121 Å². The van der Waals surface area contributed by atoms with Gasteiger partial charge in [-0.2, -0.15) is 0 Å². The van der Waals surface area contributed by atoms with Gasteiger partial charge in [-0.1, -0.05) is 51.0 Å². The van der Waals surface area contributed by atoms with Crippen LogP contribution in [-0.4, -0.2) is 29.1 Å². The van der Waals surface area contributed by atoms with Crippen molar-refractivity contribution in [2.24, 2.45) is 0 Å². The van der Waals surface area contributed by atoms with Gasteiger partial charge in [0.25, 0.3) is 0 Å². The quantitative estimate of drug-likeness (QED) is 0.864. The maximum Gasteiger partial charge on any atom is 0.314 e. The average molecular weight is 275 g/mol. The molecule has 1 fully saturated rings. The Morgan fingerprint density at radius 2 is 1.70 bits per heavy atom. The number of nitrogens with zero attached hydrogens (tertiary/aromatic N) is 1. The summed E-state index contributed by atoms with van der Waals surface area (Å²) in [5.74, 6) is -0.661. The molecule has 3 heteroatoms. The summed E-state index contributed by atoms with van der Waals surface area (Å²) in [4.78, 5) is 14.0. The zero-order chi connectivity index (χ0) is 14.6. The van der Waals surface area contributed by atoms with Gasteiger partial charge < -0.3 is 5.11 Å². The number of carboxylic acid groups (broad SMARTS) is 1. The Hall–Kier alpha value is -1.35. The number of aliphatic carboxylic acids is 1. The van der Waals surface area contributed by atoms with Crippen molar-refractivity contribution in [2.45, 2.75) is 51.5 Å². The van der Waals surface area contributed by atoms with E-state index in [1.807, 2.05) is 12.1 Å². The molecule has 0 atom stereocenters. The molecule has 110 valence electrons. The van der Waals surface area contributed by atoms with Crippen LogP contribution in [0.3, 0.4) is 0 Å². The van der Waals surface area contributed by atoms with Crippen LogP contribution in [0.25, 0.3) is 0 Å². The Morgan fingerprint density at radius 3 is 2.15 bits per heavy atom. The highest BCUT2D eigenvalue weighted by Gasteiger charge is 2.42. The van der Waals surface area contributed by atoms with Crippen molar-refractivity contribution in [3.63, 3.8) is 0 Å². The van der Waals surface area contributed by atoms with E-state index in [-0.39, 0.29) is 0 Å². The fourth-order valence-corrected chi connectivity index (χ4v) is 3.24. The summed E-state index contributed by atoms with van der Waals surface area (Å²) in [5, 5.41) is 9.60. The van der Waals surface area contributed by atoms with Gasteiger partial charge >= 0.3 is 5.97 Å². The molecule has 1 aliphatic rings. The van der Waals surface area contributed by atoms with Crippen molar-refractivity contribution >= 4 is 5.97 Å². The van der Waals surface area contributed by atoms with Crippen LogP contribution in [0.15, 0.2) is 24.3 Å². The summed E-state index contributed by atoms with van der Waals surface area (Å²) in [5.41, 5.74) is 1.61. The van der Waals surface area contributed by atoms with Crippen molar-refractivity contribution in [1.29, 1.82) is 0 Å². The largest absolute Gasteiger partial charge is 0.481 e. The van der Waals surface area contributed by atoms with Gasteiger partial charge in [0.05, 0.1) is 5.41 Å². The maximum atomic E-state index is 11.7. The topological polar surface area (TPSA) is 40.5 Å².